The minimum atomic E-state index is -3.66. The monoisotopic (exact) mass is 481 g/mol. The molecule has 1 aliphatic rings. The Kier molecular flexibility index (Phi) is 7.64. The molecule has 4 rings (SSSR count). The first-order valence-corrected chi connectivity index (χ1v) is 13.0. The van der Waals surface area contributed by atoms with Crippen molar-refractivity contribution in [1.29, 1.82) is 0 Å². The van der Waals surface area contributed by atoms with Gasteiger partial charge in [-0.3, -0.25) is 4.79 Å². The number of nitrogens with zero attached hydrogens (tertiary/aromatic N) is 3. The Bertz CT molecular complexity index is 1220. The van der Waals surface area contributed by atoms with Gasteiger partial charge in [-0.1, -0.05) is 24.3 Å². The van der Waals surface area contributed by atoms with Gasteiger partial charge in [0.1, 0.15) is 0 Å². The zero-order valence-corrected chi connectivity index (χ0v) is 20.2. The van der Waals surface area contributed by atoms with Gasteiger partial charge in [0.25, 0.3) is 5.91 Å². The fourth-order valence-corrected chi connectivity index (χ4v) is 5.64. The van der Waals surface area contributed by atoms with E-state index >= 15 is 0 Å². The van der Waals surface area contributed by atoms with Crippen molar-refractivity contribution in [3.63, 3.8) is 0 Å². The van der Waals surface area contributed by atoms with Gasteiger partial charge in [-0.2, -0.15) is 4.31 Å². The second-order valence-corrected chi connectivity index (χ2v) is 10.5. The maximum atomic E-state index is 13.2. The molecule has 0 bridgehead atoms. The van der Waals surface area contributed by atoms with Gasteiger partial charge >= 0.3 is 0 Å². The van der Waals surface area contributed by atoms with Crippen molar-refractivity contribution in [2.45, 2.75) is 44.2 Å². The maximum Gasteiger partial charge on any atom is 0.251 e. The van der Waals surface area contributed by atoms with Crippen LogP contribution in [0.1, 0.15) is 40.7 Å². The Hall–Kier alpha value is -3.17. The average molecular weight is 482 g/mol. The predicted molar refractivity (Wildman–Crippen MR) is 132 cm³/mol. The normalized spacial score (nSPS) is 14.3. The number of aryl methyl sites for hydroxylation is 2. The van der Waals surface area contributed by atoms with Crippen molar-refractivity contribution in [2.24, 2.45) is 0 Å². The van der Waals surface area contributed by atoms with E-state index in [0.29, 0.717) is 37.4 Å². The van der Waals surface area contributed by atoms with E-state index in [9.17, 15) is 13.2 Å². The molecule has 3 aromatic rings. The van der Waals surface area contributed by atoms with Crippen LogP contribution in [0.2, 0.25) is 0 Å². The molecule has 0 unspecified atom stereocenters. The third-order valence-electron chi connectivity index (χ3n) is 6.05. The van der Waals surface area contributed by atoms with Crippen molar-refractivity contribution < 1.29 is 13.2 Å². The molecule has 34 heavy (non-hydrogen) atoms. The highest BCUT2D eigenvalue weighted by molar-refractivity contribution is 7.89. The topological polar surface area (TPSA) is 96.3 Å². The molecule has 0 saturated carbocycles. The van der Waals surface area contributed by atoms with Gasteiger partial charge < -0.3 is 15.2 Å². The highest BCUT2D eigenvalue weighted by Gasteiger charge is 2.28. The van der Waals surface area contributed by atoms with E-state index in [1.165, 1.54) is 10.4 Å². The third-order valence-corrected chi connectivity index (χ3v) is 7.93. The first-order chi connectivity index (χ1) is 16.4. The predicted octanol–water partition coefficient (Wildman–Crippen LogP) is 3.41. The summed E-state index contributed by atoms with van der Waals surface area (Å²) in [4.78, 5) is 17.1. The van der Waals surface area contributed by atoms with E-state index in [0.717, 1.165) is 36.9 Å². The van der Waals surface area contributed by atoms with Gasteiger partial charge in [0.15, 0.2) is 0 Å². The van der Waals surface area contributed by atoms with Crippen LogP contribution in [0.25, 0.3) is 0 Å². The fraction of sp³-hybridized carbons (Fsp3) is 0.360. The van der Waals surface area contributed by atoms with E-state index in [4.69, 9.17) is 0 Å². The smallest absolute Gasteiger partial charge is 0.251 e. The van der Waals surface area contributed by atoms with Crippen LogP contribution in [0.5, 0.6) is 0 Å². The molecule has 0 radical (unpaired) electrons. The minimum absolute atomic E-state index is 0.146. The van der Waals surface area contributed by atoms with E-state index in [2.05, 4.69) is 15.6 Å². The quantitative estimate of drug-likeness (QED) is 0.433. The summed E-state index contributed by atoms with van der Waals surface area (Å²) in [6.45, 7) is 4.82. The van der Waals surface area contributed by atoms with Crippen LogP contribution in [0.4, 0.5) is 5.69 Å². The molecule has 0 aliphatic carbocycles. The number of rotatable bonds is 10. The van der Waals surface area contributed by atoms with Crippen molar-refractivity contribution in [3.05, 3.63) is 77.9 Å². The molecule has 2 N–H and O–H groups in total. The Balaban J connectivity index is 1.52. The molecule has 0 atom stereocenters. The summed E-state index contributed by atoms with van der Waals surface area (Å²) in [5.74, 6) is -0.289. The summed E-state index contributed by atoms with van der Waals surface area (Å²) in [6.07, 6.45) is 7.79. The number of nitrogens with one attached hydrogen (secondary N) is 2. The molecule has 9 heteroatoms. The average Bonchev–Trinajstić information content (AvgIpc) is 3.56. The van der Waals surface area contributed by atoms with Crippen LogP contribution < -0.4 is 10.6 Å². The summed E-state index contributed by atoms with van der Waals surface area (Å²) in [5, 5.41) is 6.22. The number of anilines is 1. The zero-order valence-electron chi connectivity index (χ0n) is 19.4. The standard InChI is InChI=1S/C25H31N5O3S/c1-20-7-2-3-8-21(20)18-28-23-15-22(25(31)27-9-6-11-29-14-10-26-19-29)16-24(17-23)34(32,33)30-12-4-5-13-30/h2-3,7-8,10,14-17,19,28H,4-6,9,11-13,18H2,1H3,(H,27,31). The van der Waals surface area contributed by atoms with Gasteiger partial charge in [-0.05, 0) is 55.5 Å². The molecule has 1 amide bonds. The van der Waals surface area contributed by atoms with E-state index in [1.807, 2.05) is 42.0 Å². The van der Waals surface area contributed by atoms with Crippen molar-refractivity contribution in [3.8, 4) is 0 Å². The second-order valence-electron chi connectivity index (χ2n) is 8.55. The Morgan fingerprint density at radius 3 is 2.65 bits per heavy atom. The Morgan fingerprint density at radius 1 is 1.12 bits per heavy atom. The lowest BCUT2D eigenvalue weighted by Crippen LogP contribution is -2.29. The molecule has 0 spiro atoms. The number of hydrogen-bond acceptors (Lipinski definition) is 5. The van der Waals surface area contributed by atoms with Crippen LogP contribution in [-0.2, 0) is 23.1 Å². The number of benzene rings is 2. The van der Waals surface area contributed by atoms with Crippen LogP contribution >= 0.6 is 0 Å². The SMILES string of the molecule is Cc1ccccc1CNc1cc(C(=O)NCCCn2ccnc2)cc(S(=O)(=O)N2CCCC2)c1. The highest BCUT2D eigenvalue weighted by Crippen LogP contribution is 2.25. The van der Waals surface area contributed by atoms with Gasteiger partial charge in [0.2, 0.25) is 10.0 Å². The van der Waals surface area contributed by atoms with Crippen molar-refractivity contribution >= 4 is 21.6 Å². The number of carbonyl (C=O) groups excluding carboxylic acids is 1. The molecule has 1 aromatic heterocycles. The Morgan fingerprint density at radius 2 is 1.91 bits per heavy atom. The molecule has 1 fully saturated rings. The molecule has 180 valence electrons. The first-order valence-electron chi connectivity index (χ1n) is 11.6. The maximum absolute atomic E-state index is 13.2. The number of carbonyl (C=O) groups is 1. The second kappa shape index (κ2) is 10.8. The number of imidazole rings is 1. The van der Waals surface area contributed by atoms with Crippen LogP contribution in [0.15, 0.2) is 66.1 Å². The number of hydrogen-bond donors (Lipinski definition) is 2. The molecule has 1 aliphatic heterocycles. The molecule has 2 heterocycles. The highest BCUT2D eigenvalue weighted by atomic mass is 32.2. The molecular formula is C25H31N5O3S. The van der Waals surface area contributed by atoms with Crippen molar-refractivity contribution in [2.75, 3.05) is 25.0 Å². The summed E-state index contributed by atoms with van der Waals surface area (Å²) < 4.78 is 29.9. The molecule has 8 nitrogen and oxygen atoms in total. The largest absolute Gasteiger partial charge is 0.381 e. The van der Waals surface area contributed by atoms with Crippen molar-refractivity contribution in [1.82, 2.24) is 19.2 Å². The van der Waals surface area contributed by atoms with Gasteiger partial charge in [0.05, 0.1) is 11.2 Å². The first kappa shape index (κ1) is 24.0. The fourth-order valence-electron chi connectivity index (χ4n) is 4.05. The number of sulfonamides is 1. The van der Waals surface area contributed by atoms with Crippen LogP contribution in [-0.4, -0.2) is 47.8 Å². The molecule has 1 saturated heterocycles. The summed E-state index contributed by atoms with van der Waals surface area (Å²) >= 11 is 0. The number of amides is 1. The van der Waals surface area contributed by atoms with Gasteiger partial charge in [-0.25, -0.2) is 13.4 Å². The van der Waals surface area contributed by atoms with Crippen LogP contribution in [0, 0.1) is 6.92 Å². The van der Waals surface area contributed by atoms with E-state index in [-0.39, 0.29) is 10.8 Å². The lowest BCUT2D eigenvalue weighted by Gasteiger charge is -2.18. The minimum Gasteiger partial charge on any atom is -0.381 e. The lowest BCUT2D eigenvalue weighted by molar-refractivity contribution is 0.0952. The lowest BCUT2D eigenvalue weighted by atomic mass is 10.1. The number of aromatic nitrogens is 2. The van der Waals surface area contributed by atoms with E-state index in [1.54, 1.807) is 24.7 Å². The van der Waals surface area contributed by atoms with Gasteiger partial charge in [0, 0.05) is 56.4 Å². The van der Waals surface area contributed by atoms with Gasteiger partial charge in [-0.15, -0.1) is 0 Å². The molecular weight excluding hydrogens is 450 g/mol. The van der Waals surface area contributed by atoms with E-state index < -0.39 is 10.0 Å². The summed E-state index contributed by atoms with van der Waals surface area (Å²) in [5.41, 5.74) is 3.19. The Labute approximate surface area is 201 Å². The van der Waals surface area contributed by atoms with Crippen LogP contribution in [0.3, 0.4) is 0 Å². The third kappa shape index (κ3) is 5.84. The molecule has 2 aromatic carbocycles. The summed E-state index contributed by atoms with van der Waals surface area (Å²) in [6, 6.07) is 12.8. The summed E-state index contributed by atoms with van der Waals surface area (Å²) in [7, 11) is -3.66. The zero-order chi connectivity index (χ0) is 24.0.